The normalized spacial score (nSPS) is 35.1. The number of likely N-dealkylation sites (N-methyl/N-ethyl adjacent to an activating group) is 1. The second-order valence-electron chi connectivity index (χ2n) is 19.5. The Morgan fingerprint density at radius 1 is 1.13 bits per heavy atom. The van der Waals surface area contributed by atoms with Crippen molar-refractivity contribution in [3.05, 3.63) is 57.9 Å². The summed E-state index contributed by atoms with van der Waals surface area (Å²) in [6, 6.07) is 3.94. The Labute approximate surface area is 398 Å². The molecule has 380 valence electrons. The van der Waals surface area contributed by atoms with E-state index in [0.717, 1.165) is 11.8 Å². The molecule has 1 fully saturated rings. The van der Waals surface area contributed by atoms with Gasteiger partial charge in [0.25, 0.3) is 0 Å². The number of hydrogen-bond acceptors (Lipinski definition) is 17. The number of cyclic esters (lactones) is 1. The van der Waals surface area contributed by atoms with E-state index in [9.17, 15) is 42.3 Å². The number of carbonyl (C=O) groups excluding carboxylic acids is 3. The van der Waals surface area contributed by atoms with Crippen LogP contribution in [0.1, 0.15) is 98.9 Å². The van der Waals surface area contributed by atoms with Crippen molar-refractivity contribution >= 4 is 27.5 Å². The summed E-state index contributed by atoms with van der Waals surface area (Å²) >= 11 is 0. The maximum Gasteiger partial charge on any atom is 0.316 e. The number of ether oxygens (including phenoxy) is 5. The number of amides is 1. The number of aromatic nitrogens is 3. The number of nitrogens with one attached hydrogen (secondary N) is 1. The molecule has 19 nitrogen and oxygen atoms in total. The Hall–Kier alpha value is -4.09. The number of nitrogens with zero attached hydrogens (tertiary/aromatic N) is 5. The Morgan fingerprint density at radius 2 is 1.81 bits per heavy atom. The quantitative estimate of drug-likeness (QED) is 0.138. The lowest BCUT2D eigenvalue weighted by molar-refractivity contribution is -0.297. The molecule has 21 heteroatoms. The number of aliphatic hydroxyl groups is 2. The highest BCUT2D eigenvalue weighted by Crippen LogP contribution is 2.41. The van der Waals surface area contributed by atoms with Crippen molar-refractivity contribution in [1.82, 2.24) is 25.2 Å². The van der Waals surface area contributed by atoms with Gasteiger partial charge >= 0.3 is 5.97 Å². The smallest absolute Gasteiger partial charge is 0.316 e. The number of sulfone groups is 1. The lowest BCUT2D eigenvalue weighted by atomic mass is 9.77. The van der Waals surface area contributed by atoms with Crippen LogP contribution in [0.5, 0.6) is 0 Å². The third kappa shape index (κ3) is 12.8. The summed E-state index contributed by atoms with van der Waals surface area (Å²) in [5.41, 5.74) is -1.15. The molecule has 2 aromatic rings. The molecule has 3 N–H and O–H groups in total. The zero-order chi connectivity index (χ0) is 50.5. The maximum absolute atomic E-state index is 14.5. The van der Waals surface area contributed by atoms with Gasteiger partial charge < -0.3 is 44.1 Å². The first-order valence-corrected chi connectivity index (χ1v) is 25.2. The third-order valence-corrected chi connectivity index (χ3v) is 14.9. The van der Waals surface area contributed by atoms with Crippen molar-refractivity contribution in [2.45, 2.75) is 165 Å². The summed E-state index contributed by atoms with van der Waals surface area (Å²) in [5, 5.41) is 39.0. The van der Waals surface area contributed by atoms with Crippen molar-refractivity contribution in [1.29, 1.82) is 0 Å². The van der Waals surface area contributed by atoms with Gasteiger partial charge in [0, 0.05) is 62.3 Å². The molecule has 68 heavy (non-hydrogen) atoms. The van der Waals surface area contributed by atoms with Crippen LogP contribution in [-0.4, -0.2) is 156 Å². The van der Waals surface area contributed by atoms with E-state index in [4.69, 9.17) is 23.7 Å². The molecule has 1 aromatic carbocycles. The summed E-state index contributed by atoms with van der Waals surface area (Å²) in [5.74, 6) is -5.12. The van der Waals surface area contributed by atoms with Gasteiger partial charge in [-0.15, -0.1) is 5.10 Å². The molecule has 1 saturated heterocycles. The fourth-order valence-electron chi connectivity index (χ4n) is 9.88. The largest absolute Gasteiger partial charge is 0.459 e. The number of hydrogen-bond donors (Lipinski definition) is 3. The summed E-state index contributed by atoms with van der Waals surface area (Å²) in [4.78, 5) is 55.7. The molecule has 0 spiro atoms. The Kier molecular flexibility index (Phi) is 18.4. The molecule has 3 aliphatic rings. The van der Waals surface area contributed by atoms with Crippen molar-refractivity contribution in [3.8, 4) is 0 Å². The number of carbonyl (C=O) groups is 3. The molecule has 1 unspecified atom stereocenters. The standard InChI is InChI=1S/C47H71FN6O13S/c1-12-38-47(9,59)43-28(4)39(49-31(7)55)26(2)21-46(8,64-25-34(51-60)24-63-43)42(29(5)40(56)30(6)44(58)66-38)67-45-41(57)37(19-27(3)65-45)53(10)18-17-33-23-54(52-50-33)35(22-48)20-32-13-15-36(16-14-32)68(11,61)62/h13-16,23,27-30,34-35,37-38,41-43,45,57,59H,12,17-22,24-25H2,1-11H3,(H,49,55)/b39-26+/t27-,28+,29+,30-,34?,35+,37+,38-,41-,42-,43-,45+,46-,47-/m1/s1. The summed E-state index contributed by atoms with van der Waals surface area (Å²) < 4.78 is 71.6. The maximum atomic E-state index is 14.5. The number of alkyl halides is 1. The van der Waals surface area contributed by atoms with E-state index in [2.05, 4.69) is 20.8 Å². The first-order valence-electron chi connectivity index (χ1n) is 23.3. The van der Waals surface area contributed by atoms with E-state index in [1.54, 1.807) is 52.9 Å². The molecule has 4 heterocycles. The van der Waals surface area contributed by atoms with E-state index >= 15 is 0 Å². The van der Waals surface area contributed by atoms with Crippen molar-refractivity contribution < 1.29 is 61.1 Å². The number of aliphatic hydroxyl groups excluding tert-OH is 1. The van der Waals surface area contributed by atoms with Crippen molar-refractivity contribution in [2.75, 3.05) is 39.7 Å². The first-order chi connectivity index (χ1) is 31.8. The van der Waals surface area contributed by atoms with Gasteiger partial charge in [-0.1, -0.05) is 48.9 Å². The fourth-order valence-corrected chi connectivity index (χ4v) is 10.5. The highest BCUT2D eigenvalue weighted by Gasteiger charge is 2.52. The lowest BCUT2D eigenvalue weighted by Gasteiger charge is -2.47. The van der Waals surface area contributed by atoms with Gasteiger partial charge in [0.1, 0.15) is 36.4 Å². The highest BCUT2D eigenvalue weighted by molar-refractivity contribution is 7.90. The molecule has 1 amide bonds. The number of halogens is 1. The SMILES string of the molecule is CC[C@H]1OC(=O)[C@H](C)C(=O)[C@H](C)[C@@H](O[C@@H]2O[C@H](C)C[C@H](N(C)CCc3cn([C@H](CF)Cc4ccc(S(C)(=O)=O)cc4)nn3)[C@H]2O)[C@@]2(C)C/C(C)=C(/NC(C)=O)[C@H](C)[C@@H](OCC(N=O)CO2)[C@]1(C)O. The number of benzene rings is 1. The number of nitroso groups, excluding NO2 is 1. The van der Waals surface area contributed by atoms with Crippen LogP contribution in [0.2, 0.25) is 0 Å². The average Bonchev–Trinajstić information content (AvgIpc) is 3.76. The van der Waals surface area contributed by atoms with Crippen LogP contribution in [0.4, 0.5) is 4.39 Å². The molecule has 3 aliphatic heterocycles. The van der Waals surface area contributed by atoms with Gasteiger partial charge in [-0.25, -0.2) is 17.5 Å². The van der Waals surface area contributed by atoms with Crippen LogP contribution >= 0.6 is 0 Å². The van der Waals surface area contributed by atoms with Gasteiger partial charge in [-0.05, 0) is 78.6 Å². The Balaban J connectivity index is 1.45. The van der Waals surface area contributed by atoms with Crippen molar-refractivity contribution in [3.63, 3.8) is 0 Å². The number of ketones is 1. The number of rotatable bonds is 14. The zero-order valence-electron chi connectivity index (χ0n) is 41.1. The molecular formula is C47H71FN6O13S. The Bertz CT molecular complexity index is 2230. The predicted molar refractivity (Wildman–Crippen MR) is 246 cm³/mol. The summed E-state index contributed by atoms with van der Waals surface area (Å²) in [7, 11) is -1.55. The summed E-state index contributed by atoms with van der Waals surface area (Å²) in [6.45, 7) is 13.6. The van der Waals surface area contributed by atoms with E-state index in [-0.39, 0.29) is 37.4 Å². The topological polar surface area (TPSA) is 247 Å². The predicted octanol–water partition coefficient (Wildman–Crippen LogP) is 3.83. The monoisotopic (exact) mass is 978 g/mol. The van der Waals surface area contributed by atoms with Crippen LogP contribution in [0.3, 0.4) is 0 Å². The van der Waals surface area contributed by atoms with E-state index in [1.807, 2.05) is 18.9 Å². The van der Waals surface area contributed by atoms with Crippen LogP contribution in [-0.2, 0) is 60.7 Å². The van der Waals surface area contributed by atoms with Crippen LogP contribution in [0.15, 0.2) is 51.8 Å². The highest BCUT2D eigenvalue weighted by atomic mass is 32.2. The number of Topliss-reactive ketones (excluding diaryl/α,β-unsaturated/α-hetero) is 1. The van der Waals surface area contributed by atoms with E-state index in [0.29, 0.717) is 36.4 Å². The number of esters is 1. The molecular weight excluding hydrogens is 908 g/mol. The van der Waals surface area contributed by atoms with Crippen LogP contribution < -0.4 is 5.32 Å². The molecule has 5 rings (SSSR count). The number of fused-ring (bicyclic) bond motifs is 4. The average molecular weight is 979 g/mol. The zero-order valence-corrected chi connectivity index (χ0v) is 41.9. The van der Waals surface area contributed by atoms with E-state index < -0.39 is 118 Å². The minimum absolute atomic E-state index is 0.00712. The molecule has 0 aliphatic carbocycles. The molecule has 14 atom stereocenters. The first kappa shape index (κ1) is 54.8. The third-order valence-electron chi connectivity index (χ3n) is 13.8. The molecule has 1 aromatic heterocycles. The lowest BCUT2D eigenvalue weighted by Crippen LogP contribution is -2.60. The Morgan fingerprint density at radius 3 is 2.41 bits per heavy atom. The van der Waals surface area contributed by atoms with Gasteiger partial charge in [0.2, 0.25) is 5.91 Å². The van der Waals surface area contributed by atoms with Gasteiger partial charge in [0.15, 0.2) is 21.9 Å². The second-order valence-corrected chi connectivity index (χ2v) is 21.5. The van der Waals surface area contributed by atoms with Crippen molar-refractivity contribution in [2.24, 2.45) is 22.9 Å². The molecule has 0 saturated carbocycles. The van der Waals surface area contributed by atoms with E-state index in [1.165, 1.54) is 37.6 Å². The minimum Gasteiger partial charge on any atom is -0.459 e. The van der Waals surface area contributed by atoms with Gasteiger partial charge in [-0.2, -0.15) is 4.91 Å². The van der Waals surface area contributed by atoms with Gasteiger partial charge in [0.05, 0.1) is 53.8 Å². The van der Waals surface area contributed by atoms with Gasteiger partial charge in [-0.3, -0.25) is 14.4 Å². The van der Waals surface area contributed by atoms with Crippen LogP contribution in [0.25, 0.3) is 0 Å². The minimum atomic E-state index is -3.38. The molecule has 0 radical (unpaired) electrons. The fraction of sp³-hybridized carbons (Fsp3) is 0.723. The summed E-state index contributed by atoms with van der Waals surface area (Å²) in [6.07, 6.45) is -2.78. The second kappa shape index (κ2) is 22.8. The van der Waals surface area contributed by atoms with Crippen LogP contribution in [0, 0.1) is 22.7 Å². The molecule has 2 bridgehead atoms.